The molecule has 2 aromatic carbocycles. The maximum Gasteiger partial charge on any atom is 0.410 e. The SMILES string of the molecule is C#Cc1cc(C[C@@H](OC(=O)N2CCC(n3c(=O)[nH]c4c5ccccc5ncc43)CC2)C(=O)N2CCN(C3CC4CCC(C3)N4C)CC2)cc(Cl)c1N. The number of carbonyl (C=O) groups excluding carboxylic acids is 2. The van der Waals surface area contributed by atoms with Crippen molar-refractivity contribution < 1.29 is 14.3 Å². The van der Waals surface area contributed by atoms with Gasteiger partial charge in [0.25, 0.3) is 5.91 Å². The van der Waals surface area contributed by atoms with Gasteiger partial charge in [0.1, 0.15) is 0 Å². The second-order valence-corrected chi connectivity index (χ2v) is 15.3. The van der Waals surface area contributed by atoms with Gasteiger partial charge in [0, 0.05) is 80.8 Å². The van der Waals surface area contributed by atoms with Crippen LogP contribution >= 0.6 is 11.6 Å². The molecule has 3 N–H and O–H groups in total. The molecule has 0 spiro atoms. The number of amides is 2. The first-order valence-electron chi connectivity index (χ1n) is 18.4. The van der Waals surface area contributed by atoms with E-state index in [9.17, 15) is 14.4 Å². The minimum Gasteiger partial charge on any atom is -0.436 e. The van der Waals surface area contributed by atoms with Crippen LogP contribution in [0.15, 0.2) is 47.4 Å². The quantitative estimate of drug-likeness (QED) is 0.223. The molecule has 0 radical (unpaired) electrons. The number of rotatable bonds is 6. The monoisotopic (exact) mass is 724 g/mol. The van der Waals surface area contributed by atoms with E-state index < -0.39 is 12.2 Å². The number of anilines is 1. The van der Waals surface area contributed by atoms with Gasteiger partial charge in [-0.25, -0.2) is 9.59 Å². The summed E-state index contributed by atoms with van der Waals surface area (Å²) in [6, 6.07) is 12.8. The summed E-state index contributed by atoms with van der Waals surface area (Å²) in [5.74, 6) is 2.33. The minimum absolute atomic E-state index is 0.111. The van der Waals surface area contributed by atoms with Crippen molar-refractivity contribution in [2.45, 2.75) is 75.2 Å². The Hall–Kier alpha value is -4.57. The Bertz CT molecular complexity index is 2090. The number of H-pyrrole nitrogens is 1. The summed E-state index contributed by atoms with van der Waals surface area (Å²) in [6.45, 7) is 3.47. The average Bonchev–Trinajstić information content (AvgIpc) is 3.59. The van der Waals surface area contributed by atoms with Gasteiger partial charge in [-0.05, 0) is 69.3 Å². The van der Waals surface area contributed by atoms with Crippen molar-refractivity contribution in [3.05, 3.63) is 69.2 Å². The maximum absolute atomic E-state index is 14.2. The second-order valence-electron chi connectivity index (χ2n) is 14.9. The predicted octanol–water partition coefficient (Wildman–Crippen LogP) is 4.25. The first kappa shape index (κ1) is 34.5. The van der Waals surface area contributed by atoms with E-state index >= 15 is 0 Å². The lowest BCUT2D eigenvalue weighted by molar-refractivity contribution is -0.143. The van der Waals surface area contributed by atoms with Gasteiger partial charge in [0.05, 0.1) is 33.5 Å². The number of imidazole rings is 1. The molecule has 3 atom stereocenters. The van der Waals surface area contributed by atoms with Gasteiger partial charge in [-0.15, -0.1) is 6.42 Å². The number of ether oxygens (including phenoxy) is 1. The van der Waals surface area contributed by atoms with Crippen LogP contribution in [0.1, 0.15) is 55.7 Å². The van der Waals surface area contributed by atoms with Gasteiger partial charge in [0.2, 0.25) is 0 Å². The highest BCUT2D eigenvalue weighted by atomic mass is 35.5. The smallest absolute Gasteiger partial charge is 0.410 e. The highest BCUT2D eigenvalue weighted by Gasteiger charge is 2.42. The number of halogens is 1. The molecular formula is C39H45ClN8O4. The zero-order chi connectivity index (χ0) is 36.1. The summed E-state index contributed by atoms with van der Waals surface area (Å²) >= 11 is 6.42. The molecule has 2 amide bonds. The molecule has 52 heavy (non-hydrogen) atoms. The number of carbonyl (C=O) groups is 2. The molecule has 6 heterocycles. The number of aromatic nitrogens is 3. The fraction of sp³-hybridized carbons (Fsp3) is 0.487. The number of likely N-dealkylation sites (tertiary alicyclic amines) is 1. The zero-order valence-corrected chi connectivity index (χ0v) is 30.2. The number of para-hydroxylation sites is 1. The van der Waals surface area contributed by atoms with Gasteiger partial charge in [-0.3, -0.25) is 19.2 Å². The van der Waals surface area contributed by atoms with E-state index in [0.717, 1.165) is 35.0 Å². The van der Waals surface area contributed by atoms with Crippen LogP contribution in [0.5, 0.6) is 0 Å². The van der Waals surface area contributed by atoms with Gasteiger partial charge in [-0.1, -0.05) is 35.7 Å². The third-order valence-electron chi connectivity index (χ3n) is 12.1. The largest absolute Gasteiger partial charge is 0.436 e. The Balaban J connectivity index is 0.954. The first-order valence-corrected chi connectivity index (χ1v) is 18.8. The van der Waals surface area contributed by atoms with Crippen molar-refractivity contribution in [2.75, 3.05) is 52.0 Å². The van der Waals surface area contributed by atoms with E-state index in [1.807, 2.05) is 29.2 Å². The number of nitrogens with one attached hydrogen (secondary N) is 1. The van der Waals surface area contributed by atoms with Crippen molar-refractivity contribution in [3.63, 3.8) is 0 Å². The van der Waals surface area contributed by atoms with Gasteiger partial charge >= 0.3 is 11.8 Å². The molecule has 8 rings (SSSR count). The molecule has 4 fully saturated rings. The molecule has 12 nitrogen and oxygen atoms in total. The molecular weight excluding hydrogens is 680 g/mol. The molecule has 2 bridgehead atoms. The molecule has 272 valence electrons. The Morgan fingerprint density at radius 1 is 1.00 bits per heavy atom. The molecule has 4 aliphatic heterocycles. The van der Waals surface area contributed by atoms with Crippen LogP contribution in [0.2, 0.25) is 5.02 Å². The lowest BCUT2D eigenvalue weighted by atomic mass is 9.96. The van der Waals surface area contributed by atoms with Crippen LogP contribution in [0.3, 0.4) is 0 Å². The Labute approximate surface area is 307 Å². The van der Waals surface area contributed by atoms with Crippen LogP contribution in [-0.2, 0) is 16.0 Å². The van der Waals surface area contributed by atoms with Crippen molar-refractivity contribution in [2.24, 2.45) is 0 Å². The normalized spacial score (nSPS) is 23.6. The van der Waals surface area contributed by atoms with Crippen molar-refractivity contribution in [1.29, 1.82) is 0 Å². The van der Waals surface area contributed by atoms with Crippen LogP contribution < -0.4 is 11.4 Å². The number of nitrogens with zero attached hydrogens (tertiary/aromatic N) is 6. The number of piperidine rings is 2. The Morgan fingerprint density at radius 3 is 2.42 bits per heavy atom. The number of aromatic amines is 1. The first-order chi connectivity index (χ1) is 25.2. The van der Waals surface area contributed by atoms with Gasteiger partial charge in [0.15, 0.2) is 6.10 Å². The lowest BCUT2D eigenvalue weighted by Crippen LogP contribution is -2.57. The van der Waals surface area contributed by atoms with E-state index in [2.05, 4.69) is 32.7 Å². The minimum atomic E-state index is -1.07. The van der Waals surface area contributed by atoms with E-state index in [1.54, 1.807) is 27.8 Å². The summed E-state index contributed by atoms with van der Waals surface area (Å²) in [4.78, 5) is 57.3. The van der Waals surface area contributed by atoms with Gasteiger partial charge < -0.3 is 30.2 Å². The highest BCUT2D eigenvalue weighted by molar-refractivity contribution is 6.33. The number of fused-ring (bicyclic) bond motifs is 5. The van der Waals surface area contributed by atoms with Crippen LogP contribution in [-0.4, -0.2) is 117 Å². The standard InChI is InChI=1S/C39H45ClN8O4/c1-3-25-18-24(19-31(40)35(25)41)20-34(37(49)46-16-14-45(15-17-46)29-21-27-8-9-28(22-29)44(27)2)52-39(51)47-12-10-26(11-13-47)48-33-23-42-32-7-5-4-6-30(32)36(33)43-38(48)50/h1,4-7,18-19,23,26-29,34H,8-17,20-22,41H2,2H3,(H,43,50)/t27?,28?,29?,34-/m1/s1. The number of nitrogens with two attached hydrogens (primary N) is 1. The summed E-state index contributed by atoms with van der Waals surface area (Å²) in [5, 5.41) is 1.18. The van der Waals surface area contributed by atoms with E-state index in [-0.39, 0.29) is 24.1 Å². The number of terminal acetylenes is 1. The summed E-state index contributed by atoms with van der Waals surface area (Å²) in [6.07, 6.45) is 11.9. The third-order valence-corrected chi connectivity index (χ3v) is 12.4. The number of piperazine rings is 1. The summed E-state index contributed by atoms with van der Waals surface area (Å²) < 4.78 is 7.84. The van der Waals surface area contributed by atoms with Crippen molar-refractivity contribution >= 4 is 51.2 Å². The van der Waals surface area contributed by atoms with Crippen molar-refractivity contribution in [1.82, 2.24) is 34.1 Å². The molecule has 0 aliphatic carbocycles. The van der Waals surface area contributed by atoms with Gasteiger partial charge in [-0.2, -0.15) is 0 Å². The van der Waals surface area contributed by atoms with E-state index in [1.165, 1.54) is 25.7 Å². The topological polar surface area (TPSA) is 133 Å². The predicted molar refractivity (Wildman–Crippen MR) is 201 cm³/mol. The lowest BCUT2D eigenvalue weighted by Gasteiger charge is -2.45. The fourth-order valence-electron chi connectivity index (χ4n) is 9.08. The van der Waals surface area contributed by atoms with E-state index in [4.69, 9.17) is 28.5 Å². The number of benzene rings is 2. The van der Waals surface area contributed by atoms with Crippen LogP contribution in [0, 0.1) is 12.3 Å². The Kier molecular flexibility index (Phi) is 9.36. The molecule has 4 aromatic rings. The van der Waals surface area contributed by atoms with E-state index in [0.29, 0.717) is 79.0 Å². The second kappa shape index (κ2) is 14.1. The molecule has 13 heteroatoms. The molecule has 2 unspecified atom stereocenters. The van der Waals surface area contributed by atoms with Crippen molar-refractivity contribution in [3.8, 4) is 12.3 Å². The number of hydrogen-bond acceptors (Lipinski definition) is 8. The molecule has 2 aromatic heterocycles. The Morgan fingerprint density at radius 2 is 1.71 bits per heavy atom. The molecule has 4 saturated heterocycles. The number of nitrogen functional groups attached to an aromatic ring is 1. The fourth-order valence-corrected chi connectivity index (χ4v) is 9.33. The maximum atomic E-state index is 14.2. The molecule has 0 saturated carbocycles. The number of pyridine rings is 1. The summed E-state index contributed by atoms with van der Waals surface area (Å²) in [7, 11) is 2.25. The number of hydrogen-bond donors (Lipinski definition) is 2. The summed E-state index contributed by atoms with van der Waals surface area (Å²) in [5.41, 5.74) is 9.59. The molecule has 4 aliphatic rings. The van der Waals surface area contributed by atoms with Crippen LogP contribution in [0.4, 0.5) is 10.5 Å². The highest BCUT2D eigenvalue weighted by Crippen LogP contribution is 2.37. The zero-order valence-electron chi connectivity index (χ0n) is 29.5. The van der Waals surface area contributed by atoms with Crippen LogP contribution in [0.25, 0.3) is 21.9 Å². The third kappa shape index (κ3) is 6.39. The average molecular weight is 725 g/mol.